The summed E-state index contributed by atoms with van der Waals surface area (Å²) in [4.78, 5) is 8.84. The maximum Gasteiger partial charge on any atom is 0.229 e. The van der Waals surface area contributed by atoms with Crippen molar-refractivity contribution in [1.29, 1.82) is 0 Å². The molecule has 1 aromatic carbocycles. The summed E-state index contributed by atoms with van der Waals surface area (Å²) in [6, 6.07) is 8.27. The van der Waals surface area contributed by atoms with Crippen molar-refractivity contribution < 1.29 is 8.42 Å². The molecule has 0 saturated heterocycles. The summed E-state index contributed by atoms with van der Waals surface area (Å²) in [5.41, 5.74) is 2.58. The fourth-order valence-electron chi connectivity index (χ4n) is 2.48. The molecule has 0 atom stereocenters. The van der Waals surface area contributed by atoms with E-state index in [4.69, 9.17) is 0 Å². The van der Waals surface area contributed by atoms with E-state index in [0.717, 1.165) is 17.1 Å². The molecule has 3 rings (SSSR count). The number of hydrogen-bond donors (Lipinski definition) is 2. The van der Waals surface area contributed by atoms with Crippen LogP contribution >= 0.6 is 0 Å². The SMILES string of the molecule is Cc1nn(C)c(Nc2ccnc(Nc3cccc(S(C)(=O)=O)c3)n2)c1C. The number of sulfone groups is 1. The van der Waals surface area contributed by atoms with Gasteiger partial charge in [-0.05, 0) is 38.1 Å². The summed E-state index contributed by atoms with van der Waals surface area (Å²) in [7, 11) is -1.42. The van der Waals surface area contributed by atoms with Crippen LogP contribution in [0.15, 0.2) is 41.4 Å². The Balaban J connectivity index is 1.84. The molecule has 2 heterocycles. The van der Waals surface area contributed by atoms with Crippen molar-refractivity contribution >= 4 is 33.1 Å². The Labute approximate surface area is 152 Å². The minimum atomic E-state index is -3.28. The highest BCUT2D eigenvalue weighted by molar-refractivity contribution is 7.90. The smallest absolute Gasteiger partial charge is 0.229 e. The normalized spacial score (nSPS) is 11.4. The van der Waals surface area contributed by atoms with Gasteiger partial charge in [-0.2, -0.15) is 10.1 Å². The molecule has 2 N–H and O–H groups in total. The highest BCUT2D eigenvalue weighted by atomic mass is 32.2. The summed E-state index contributed by atoms with van der Waals surface area (Å²) >= 11 is 0. The van der Waals surface area contributed by atoms with Crippen molar-refractivity contribution in [3.8, 4) is 0 Å². The monoisotopic (exact) mass is 372 g/mol. The molecule has 0 aliphatic heterocycles. The van der Waals surface area contributed by atoms with Crippen molar-refractivity contribution in [1.82, 2.24) is 19.7 Å². The van der Waals surface area contributed by atoms with Crippen molar-refractivity contribution in [2.75, 3.05) is 16.9 Å². The van der Waals surface area contributed by atoms with Gasteiger partial charge >= 0.3 is 0 Å². The maximum atomic E-state index is 11.7. The van der Waals surface area contributed by atoms with Crippen LogP contribution in [0.3, 0.4) is 0 Å². The van der Waals surface area contributed by atoms with Crippen molar-refractivity contribution in [3.63, 3.8) is 0 Å². The Morgan fingerprint density at radius 1 is 1.12 bits per heavy atom. The number of aryl methyl sites for hydroxylation is 2. The van der Waals surface area contributed by atoms with E-state index in [2.05, 4.69) is 25.7 Å². The lowest BCUT2D eigenvalue weighted by atomic mass is 10.3. The van der Waals surface area contributed by atoms with Gasteiger partial charge in [-0.25, -0.2) is 13.4 Å². The Morgan fingerprint density at radius 3 is 2.54 bits per heavy atom. The number of rotatable bonds is 5. The number of hydrogen-bond acceptors (Lipinski definition) is 7. The number of benzene rings is 1. The first kappa shape index (κ1) is 17.9. The largest absolute Gasteiger partial charge is 0.325 e. The van der Waals surface area contributed by atoms with Crippen LogP contribution in [-0.2, 0) is 16.9 Å². The first-order valence-corrected chi connectivity index (χ1v) is 9.80. The van der Waals surface area contributed by atoms with Crippen molar-refractivity contribution in [2.24, 2.45) is 7.05 Å². The van der Waals surface area contributed by atoms with Gasteiger partial charge in [-0.1, -0.05) is 6.07 Å². The molecule has 8 nitrogen and oxygen atoms in total. The van der Waals surface area contributed by atoms with Crippen LogP contribution in [0.5, 0.6) is 0 Å². The Hall–Kier alpha value is -2.94. The molecule has 0 amide bonds. The molecular formula is C17H20N6O2S. The Kier molecular flexibility index (Phi) is 4.64. The molecular weight excluding hydrogens is 352 g/mol. The number of anilines is 4. The van der Waals surface area contributed by atoms with E-state index in [-0.39, 0.29) is 4.90 Å². The molecule has 0 spiro atoms. The second kappa shape index (κ2) is 6.75. The lowest BCUT2D eigenvalue weighted by molar-refractivity contribution is 0.602. The Bertz CT molecular complexity index is 1060. The fraction of sp³-hybridized carbons (Fsp3) is 0.235. The second-order valence-electron chi connectivity index (χ2n) is 6.00. The molecule has 26 heavy (non-hydrogen) atoms. The van der Waals surface area contributed by atoms with Crippen LogP contribution in [0.25, 0.3) is 0 Å². The third kappa shape index (κ3) is 3.83. The van der Waals surface area contributed by atoms with Crippen molar-refractivity contribution in [3.05, 3.63) is 47.8 Å². The second-order valence-corrected chi connectivity index (χ2v) is 8.01. The van der Waals surface area contributed by atoms with Gasteiger partial charge in [0.2, 0.25) is 5.95 Å². The molecule has 136 valence electrons. The zero-order valence-corrected chi connectivity index (χ0v) is 15.8. The van der Waals surface area contributed by atoms with E-state index in [1.807, 2.05) is 20.9 Å². The standard InChI is InChI=1S/C17H20N6O2S/c1-11-12(2)22-23(3)16(11)20-15-8-9-18-17(21-15)19-13-6-5-7-14(10-13)26(4,24)25/h5-10H,1-4H3,(H2,18,19,20,21). The summed E-state index contributed by atoms with van der Waals surface area (Å²) in [6.45, 7) is 3.93. The molecule has 0 fully saturated rings. The summed E-state index contributed by atoms with van der Waals surface area (Å²) < 4.78 is 25.1. The van der Waals surface area contributed by atoms with Crippen LogP contribution < -0.4 is 10.6 Å². The molecule has 0 radical (unpaired) electrons. The predicted octanol–water partition coefficient (Wildman–Crippen LogP) is 2.72. The van der Waals surface area contributed by atoms with Gasteiger partial charge in [0.25, 0.3) is 0 Å². The van der Waals surface area contributed by atoms with Crippen LogP contribution in [0.2, 0.25) is 0 Å². The first-order valence-electron chi connectivity index (χ1n) is 7.91. The fourth-order valence-corrected chi connectivity index (χ4v) is 3.15. The van der Waals surface area contributed by atoms with E-state index in [1.54, 1.807) is 41.2 Å². The quantitative estimate of drug-likeness (QED) is 0.710. The van der Waals surface area contributed by atoms with E-state index >= 15 is 0 Å². The maximum absolute atomic E-state index is 11.7. The van der Waals surface area contributed by atoms with Gasteiger partial charge in [0.15, 0.2) is 9.84 Å². The zero-order valence-electron chi connectivity index (χ0n) is 15.0. The topological polar surface area (TPSA) is 102 Å². The average molecular weight is 372 g/mol. The van der Waals surface area contributed by atoms with Gasteiger partial charge in [0.05, 0.1) is 10.6 Å². The Morgan fingerprint density at radius 2 is 1.88 bits per heavy atom. The minimum Gasteiger partial charge on any atom is -0.325 e. The summed E-state index contributed by atoms with van der Waals surface area (Å²) in [5.74, 6) is 1.82. The number of nitrogens with one attached hydrogen (secondary N) is 2. The molecule has 0 saturated carbocycles. The number of aromatic nitrogens is 4. The molecule has 2 aromatic heterocycles. The lowest BCUT2D eigenvalue weighted by Crippen LogP contribution is -2.04. The third-order valence-electron chi connectivity index (χ3n) is 3.94. The predicted molar refractivity (Wildman–Crippen MR) is 101 cm³/mol. The number of nitrogens with zero attached hydrogens (tertiary/aromatic N) is 4. The first-order chi connectivity index (χ1) is 12.2. The molecule has 3 aromatic rings. The molecule has 0 bridgehead atoms. The zero-order chi connectivity index (χ0) is 18.9. The summed E-state index contributed by atoms with van der Waals surface area (Å²) in [5, 5.41) is 10.6. The third-order valence-corrected chi connectivity index (χ3v) is 5.05. The molecule has 0 aliphatic rings. The van der Waals surface area contributed by atoms with E-state index in [0.29, 0.717) is 17.5 Å². The van der Waals surface area contributed by atoms with Gasteiger partial charge < -0.3 is 10.6 Å². The molecule has 0 unspecified atom stereocenters. The van der Waals surface area contributed by atoms with E-state index < -0.39 is 9.84 Å². The van der Waals surface area contributed by atoms with Crippen LogP contribution in [0.1, 0.15) is 11.3 Å². The van der Waals surface area contributed by atoms with Gasteiger partial charge in [-0.3, -0.25) is 4.68 Å². The minimum absolute atomic E-state index is 0.234. The lowest BCUT2D eigenvalue weighted by Gasteiger charge is -2.10. The average Bonchev–Trinajstić information content (AvgIpc) is 2.81. The van der Waals surface area contributed by atoms with Gasteiger partial charge in [-0.15, -0.1) is 0 Å². The van der Waals surface area contributed by atoms with E-state index in [9.17, 15) is 8.42 Å². The highest BCUT2D eigenvalue weighted by Gasteiger charge is 2.11. The molecule has 0 aliphatic carbocycles. The van der Waals surface area contributed by atoms with Crippen LogP contribution in [0.4, 0.5) is 23.3 Å². The van der Waals surface area contributed by atoms with Gasteiger partial charge in [0, 0.05) is 30.8 Å². The van der Waals surface area contributed by atoms with Crippen molar-refractivity contribution in [2.45, 2.75) is 18.7 Å². The van der Waals surface area contributed by atoms with Crippen LogP contribution in [-0.4, -0.2) is 34.4 Å². The molecule has 9 heteroatoms. The summed E-state index contributed by atoms with van der Waals surface area (Å²) in [6.07, 6.45) is 2.79. The van der Waals surface area contributed by atoms with Gasteiger partial charge in [0.1, 0.15) is 11.6 Å². The van der Waals surface area contributed by atoms with E-state index in [1.165, 1.54) is 6.26 Å². The highest BCUT2D eigenvalue weighted by Crippen LogP contribution is 2.22. The van der Waals surface area contributed by atoms with Crippen LogP contribution in [0, 0.1) is 13.8 Å².